The highest BCUT2D eigenvalue weighted by Gasteiger charge is 2.16. The Morgan fingerprint density at radius 2 is 2.12 bits per heavy atom. The fourth-order valence-corrected chi connectivity index (χ4v) is 4.15. The fraction of sp³-hybridized carbons (Fsp3) is 0.412. The van der Waals surface area contributed by atoms with Gasteiger partial charge in [-0.3, -0.25) is 4.79 Å². The Morgan fingerprint density at radius 3 is 2.83 bits per heavy atom. The summed E-state index contributed by atoms with van der Waals surface area (Å²) in [7, 11) is 0. The number of hydrogen-bond donors (Lipinski definition) is 0. The van der Waals surface area contributed by atoms with Gasteiger partial charge in [0.25, 0.3) is 0 Å². The first-order valence-electron chi connectivity index (χ1n) is 7.87. The molecule has 0 radical (unpaired) electrons. The highest BCUT2D eigenvalue weighted by molar-refractivity contribution is 8.01. The number of aryl methyl sites for hydroxylation is 1. The van der Waals surface area contributed by atoms with Gasteiger partial charge in [0.1, 0.15) is 13.2 Å². The molecular weight excluding hydrogens is 344 g/mol. The predicted octanol–water partition coefficient (Wildman–Crippen LogP) is 3.36. The van der Waals surface area contributed by atoms with Gasteiger partial charge in [0.2, 0.25) is 5.91 Å². The predicted molar refractivity (Wildman–Crippen MR) is 96.1 cm³/mol. The molecule has 2 aromatic rings. The maximum Gasteiger partial charge on any atom is 0.233 e. The molecule has 0 atom stereocenters. The maximum absolute atomic E-state index is 12.5. The van der Waals surface area contributed by atoms with Crippen molar-refractivity contribution in [3.05, 3.63) is 34.8 Å². The van der Waals surface area contributed by atoms with E-state index >= 15 is 0 Å². The zero-order valence-corrected chi connectivity index (χ0v) is 15.4. The number of carbonyl (C=O) groups is 1. The molecule has 2 heterocycles. The third-order valence-electron chi connectivity index (χ3n) is 3.63. The third-order valence-corrected chi connectivity index (χ3v) is 5.76. The van der Waals surface area contributed by atoms with Crippen LogP contribution in [0, 0.1) is 6.92 Å². The quantitative estimate of drug-likeness (QED) is 0.736. The van der Waals surface area contributed by atoms with E-state index in [0.29, 0.717) is 32.1 Å². The molecule has 0 bridgehead atoms. The average Bonchev–Trinajstić information content (AvgIpc) is 3.02. The summed E-state index contributed by atoms with van der Waals surface area (Å²) in [5, 5.41) is 2.00. The Bertz CT molecular complexity index is 718. The van der Waals surface area contributed by atoms with Crippen LogP contribution >= 0.6 is 23.1 Å². The molecule has 1 aromatic heterocycles. The number of thioether (sulfide) groups is 1. The van der Waals surface area contributed by atoms with Crippen LogP contribution in [0.4, 0.5) is 0 Å². The molecule has 7 heteroatoms. The molecule has 0 N–H and O–H groups in total. The Morgan fingerprint density at radius 1 is 1.33 bits per heavy atom. The number of fused-ring (bicyclic) bond motifs is 1. The molecule has 1 aliphatic rings. The van der Waals surface area contributed by atoms with E-state index in [1.54, 1.807) is 11.3 Å². The van der Waals surface area contributed by atoms with Crippen LogP contribution in [-0.4, -0.2) is 41.3 Å². The van der Waals surface area contributed by atoms with Crippen molar-refractivity contribution < 1.29 is 14.3 Å². The van der Waals surface area contributed by atoms with E-state index in [1.807, 2.05) is 42.3 Å². The Kier molecular flexibility index (Phi) is 5.63. The van der Waals surface area contributed by atoms with Crippen molar-refractivity contribution in [1.82, 2.24) is 9.88 Å². The number of hydrogen-bond acceptors (Lipinski definition) is 6. The molecule has 5 nitrogen and oxygen atoms in total. The number of amides is 1. The summed E-state index contributed by atoms with van der Waals surface area (Å²) < 4.78 is 12.1. The minimum absolute atomic E-state index is 0.116. The second-order valence-electron chi connectivity index (χ2n) is 5.43. The lowest BCUT2D eigenvalue weighted by Crippen LogP contribution is -2.31. The number of ether oxygens (including phenoxy) is 2. The lowest BCUT2D eigenvalue weighted by atomic mass is 10.2. The van der Waals surface area contributed by atoms with Crippen LogP contribution in [0.2, 0.25) is 0 Å². The van der Waals surface area contributed by atoms with Gasteiger partial charge in [-0.05, 0) is 31.5 Å². The van der Waals surface area contributed by atoms with Gasteiger partial charge in [0.15, 0.2) is 15.8 Å². The summed E-state index contributed by atoms with van der Waals surface area (Å²) in [6.45, 7) is 6.35. The Balaban J connectivity index is 1.60. The second-order valence-corrected chi connectivity index (χ2v) is 7.51. The van der Waals surface area contributed by atoms with Crippen LogP contribution in [-0.2, 0) is 11.3 Å². The number of carbonyl (C=O) groups excluding carboxylic acids is 1. The largest absolute Gasteiger partial charge is 0.486 e. The van der Waals surface area contributed by atoms with Gasteiger partial charge in [-0.2, -0.15) is 0 Å². The summed E-state index contributed by atoms with van der Waals surface area (Å²) in [6, 6.07) is 5.86. The molecule has 0 unspecified atom stereocenters. The van der Waals surface area contributed by atoms with Crippen molar-refractivity contribution in [2.45, 2.75) is 24.7 Å². The topological polar surface area (TPSA) is 51.7 Å². The van der Waals surface area contributed by atoms with Crippen molar-refractivity contribution >= 4 is 29.0 Å². The van der Waals surface area contributed by atoms with Crippen LogP contribution in [0.15, 0.2) is 27.9 Å². The zero-order chi connectivity index (χ0) is 16.9. The van der Waals surface area contributed by atoms with Gasteiger partial charge in [-0.25, -0.2) is 4.98 Å². The summed E-state index contributed by atoms with van der Waals surface area (Å²) >= 11 is 3.08. The second kappa shape index (κ2) is 7.90. The molecule has 24 heavy (non-hydrogen) atoms. The van der Waals surface area contributed by atoms with E-state index in [-0.39, 0.29) is 5.91 Å². The summed E-state index contributed by atoms with van der Waals surface area (Å²) in [5.74, 6) is 2.06. The first-order chi connectivity index (χ1) is 11.7. The smallest absolute Gasteiger partial charge is 0.233 e. The highest BCUT2D eigenvalue weighted by Crippen LogP contribution is 2.31. The van der Waals surface area contributed by atoms with Gasteiger partial charge < -0.3 is 14.4 Å². The van der Waals surface area contributed by atoms with Gasteiger partial charge >= 0.3 is 0 Å². The van der Waals surface area contributed by atoms with E-state index < -0.39 is 0 Å². The molecule has 1 amide bonds. The average molecular weight is 364 g/mol. The lowest BCUT2D eigenvalue weighted by Gasteiger charge is -2.23. The molecular formula is C17H20N2O3S2. The maximum atomic E-state index is 12.5. The standard InChI is InChI=1S/C17H20N2O3S2/c1-3-19(16(20)11-24-17-18-12(2)10-23-17)9-13-4-5-14-15(8-13)22-7-6-21-14/h4-5,8,10H,3,6-7,9,11H2,1-2H3. The number of aromatic nitrogens is 1. The van der Waals surface area contributed by atoms with Gasteiger partial charge in [0.05, 0.1) is 5.75 Å². The molecule has 0 aliphatic carbocycles. The van der Waals surface area contributed by atoms with E-state index in [4.69, 9.17) is 9.47 Å². The molecule has 0 saturated carbocycles. The van der Waals surface area contributed by atoms with Crippen LogP contribution in [0.3, 0.4) is 0 Å². The normalized spacial score (nSPS) is 12.9. The Labute approximate surface area is 150 Å². The number of rotatable bonds is 6. The first-order valence-corrected chi connectivity index (χ1v) is 9.73. The van der Waals surface area contributed by atoms with E-state index in [9.17, 15) is 4.79 Å². The van der Waals surface area contributed by atoms with Crippen molar-refractivity contribution in [2.24, 2.45) is 0 Å². The van der Waals surface area contributed by atoms with Crippen LogP contribution < -0.4 is 9.47 Å². The minimum atomic E-state index is 0.116. The highest BCUT2D eigenvalue weighted by atomic mass is 32.2. The van der Waals surface area contributed by atoms with Crippen molar-refractivity contribution in [1.29, 1.82) is 0 Å². The SMILES string of the molecule is CCN(Cc1ccc2c(c1)OCCO2)C(=O)CSc1nc(C)cs1. The molecule has 0 fully saturated rings. The lowest BCUT2D eigenvalue weighted by molar-refractivity contribution is -0.128. The van der Waals surface area contributed by atoms with E-state index in [1.165, 1.54) is 11.8 Å². The van der Waals surface area contributed by atoms with Gasteiger partial charge in [-0.1, -0.05) is 17.8 Å². The van der Waals surface area contributed by atoms with Crippen molar-refractivity contribution in [2.75, 3.05) is 25.5 Å². The molecule has 0 saturated heterocycles. The van der Waals surface area contributed by atoms with Crippen LogP contribution in [0.25, 0.3) is 0 Å². The fourth-order valence-electron chi connectivity index (χ4n) is 2.40. The molecule has 1 aromatic carbocycles. The summed E-state index contributed by atoms with van der Waals surface area (Å²) in [4.78, 5) is 18.7. The molecule has 3 rings (SSSR count). The summed E-state index contributed by atoms with van der Waals surface area (Å²) in [5.41, 5.74) is 2.04. The van der Waals surface area contributed by atoms with Crippen molar-refractivity contribution in [3.8, 4) is 11.5 Å². The first kappa shape index (κ1) is 17.1. The van der Waals surface area contributed by atoms with Gasteiger partial charge in [-0.15, -0.1) is 11.3 Å². The Hall–Kier alpha value is -1.73. The minimum Gasteiger partial charge on any atom is -0.486 e. The molecule has 0 spiro atoms. The molecule has 128 valence electrons. The van der Waals surface area contributed by atoms with Gasteiger partial charge in [0, 0.05) is 24.2 Å². The number of nitrogens with zero attached hydrogens (tertiary/aromatic N) is 2. The third kappa shape index (κ3) is 4.21. The van der Waals surface area contributed by atoms with E-state index in [0.717, 1.165) is 27.1 Å². The summed E-state index contributed by atoms with van der Waals surface area (Å²) in [6.07, 6.45) is 0. The van der Waals surface area contributed by atoms with E-state index in [2.05, 4.69) is 4.98 Å². The van der Waals surface area contributed by atoms with Crippen molar-refractivity contribution in [3.63, 3.8) is 0 Å². The van der Waals surface area contributed by atoms with Crippen LogP contribution in [0.1, 0.15) is 18.2 Å². The van der Waals surface area contributed by atoms with Crippen LogP contribution in [0.5, 0.6) is 11.5 Å². The monoisotopic (exact) mass is 364 g/mol. The number of benzene rings is 1. The molecule has 1 aliphatic heterocycles. The number of thiazole rings is 1. The zero-order valence-electron chi connectivity index (χ0n) is 13.8.